The number of aliphatic hydroxyl groups excluding tert-OH is 1. The first-order valence-corrected chi connectivity index (χ1v) is 11.3. The third kappa shape index (κ3) is 5.63. The van der Waals surface area contributed by atoms with Crippen LogP contribution >= 0.6 is 0 Å². The summed E-state index contributed by atoms with van der Waals surface area (Å²) in [4.78, 5) is 34.2. The van der Waals surface area contributed by atoms with Gasteiger partial charge >= 0.3 is 0 Å². The fraction of sp³-hybridized carbons (Fsp3) is 0.185. The summed E-state index contributed by atoms with van der Waals surface area (Å²) in [5.74, 6) is 3.12. The molecule has 0 fully saturated rings. The van der Waals surface area contributed by atoms with Crippen molar-refractivity contribution in [2.45, 2.75) is 19.7 Å². The normalized spacial score (nSPS) is 14.6. The lowest BCUT2D eigenvalue weighted by atomic mass is 10.0. The monoisotopic (exact) mass is 503 g/mol. The number of aromatic nitrogens is 1. The number of hydrogen-bond donors (Lipinski definition) is 3. The molecule has 0 aliphatic carbocycles. The molecule has 3 N–H and O–H groups in total. The van der Waals surface area contributed by atoms with Crippen molar-refractivity contribution >= 4 is 29.1 Å². The van der Waals surface area contributed by atoms with E-state index in [1.165, 1.54) is 29.7 Å². The van der Waals surface area contributed by atoms with Crippen molar-refractivity contribution < 1.29 is 23.5 Å². The Morgan fingerprint density at radius 3 is 2.70 bits per heavy atom. The molecule has 0 saturated carbocycles. The Bertz CT molecular complexity index is 1510. The van der Waals surface area contributed by atoms with Gasteiger partial charge in [0.2, 0.25) is 0 Å². The quantitative estimate of drug-likeness (QED) is 0.464. The van der Waals surface area contributed by atoms with Crippen LogP contribution in [0.25, 0.3) is 10.9 Å². The van der Waals surface area contributed by atoms with Crippen molar-refractivity contribution in [3.05, 3.63) is 88.3 Å². The number of carbonyl (C=O) groups is 2. The van der Waals surface area contributed by atoms with E-state index in [0.29, 0.717) is 11.1 Å². The maximum absolute atomic E-state index is 13.5. The van der Waals surface area contributed by atoms with Gasteiger partial charge in [-0.1, -0.05) is 17.9 Å². The Morgan fingerprint density at radius 1 is 1.14 bits per heavy atom. The highest BCUT2D eigenvalue weighted by molar-refractivity contribution is 5.98. The minimum atomic E-state index is -1.33. The van der Waals surface area contributed by atoms with Gasteiger partial charge in [-0.2, -0.15) is 0 Å². The lowest BCUT2D eigenvalue weighted by Gasteiger charge is -2.29. The summed E-state index contributed by atoms with van der Waals surface area (Å²) >= 11 is 0. The van der Waals surface area contributed by atoms with Crippen LogP contribution in [-0.2, 0) is 11.3 Å². The molecule has 10 heteroatoms. The molecular formula is C27H23F2N5O3. The average Bonchev–Trinajstić information content (AvgIpc) is 2.90. The van der Waals surface area contributed by atoms with Crippen LogP contribution in [0.2, 0.25) is 0 Å². The summed E-state index contributed by atoms with van der Waals surface area (Å²) in [6, 6.07) is 8.78. The Labute approximate surface area is 211 Å². The average molecular weight is 504 g/mol. The Morgan fingerprint density at radius 2 is 1.95 bits per heavy atom. The fourth-order valence-corrected chi connectivity index (χ4v) is 3.77. The zero-order chi connectivity index (χ0) is 26.5. The molecule has 2 amide bonds. The van der Waals surface area contributed by atoms with E-state index in [4.69, 9.17) is 0 Å². The number of carbonyl (C=O) groups excluding carboxylic acids is 2. The van der Waals surface area contributed by atoms with Crippen LogP contribution in [0.4, 0.5) is 8.78 Å². The van der Waals surface area contributed by atoms with E-state index in [0.717, 1.165) is 34.2 Å². The van der Waals surface area contributed by atoms with Crippen molar-refractivity contribution in [3.8, 4) is 11.8 Å². The molecule has 37 heavy (non-hydrogen) atoms. The van der Waals surface area contributed by atoms with Crippen LogP contribution in [0.15, 0.2) is 59.4 Å². The molecule has 0 bridgehead atoms. The number of benzene rings is 2. The van der Waals surface area contributed by atoms with Crippen molar-refractivity contribution in [2.24, 2.45) is 4.99 Å². The van der Waals surface area contributed by atoms with Gasteiger partial charge in [0.25, 0.3) is 11.8 Å². The summed E-state index contributed by atoms with van der Waals surface area (Å²) < 4.78 is 26.7. The third-order valence-corrected chi connectivity index (χ3v) is 5.82. The zero-order valence-electron chi connectivity index (χ0n) is 20.0. The predicted molar refractivity (Wildman–Crippen MR) is 134 cm³/mol. The molecule has 3 aromatic rings. The molecule has 1 aliphatic heterocycles. The molecule has 0 radical (unpaired) electrons. The van der Waals surface area contributed by atoms with Crippen LogP contribution in [-0.4, -0.2) is 53.0 Å². The molecule has 0 spiro atoms. The van der Waals surface area contributed by atoms with Crippen molar-refractivity contribution in [1.29, 1.82) is 0 Å². The van der Waals surface area contributed by atoms with E-state index in [-0.39, 0.29) is 24.6 Å². The lowest BCUT2D eigenvalue weighted by molar-refractivity contribution is -0.119. The number of pyridine rings is 1. The number of aliphatic hydroxyl groups is 1. The first-order valence-electron chi connectivity index (χ1n) is 11.3. The number of halogens is 2. The Balaban J connectivity index is 1.40. The minimum absolute atomic E-state index is 0.00376. The van der Waals surface area contributed by atoms with Gasteiger partial charge in [0.1, 0.15) is 0 Å². The number of aryl methyl sites for hydroxylation is 1. The van der Waals surface area contributed by atoms with Crippen LogP contribution in [0.1, 0.15) is 27.0 Å². The summed E-state index contributed by atoms with van der Waals surface area (Å²) in [7, 11) is 1.55. The van der Waals surface area contributed by atoms with Gasteiger partial charge in [0, 0.05) is 36.9 Å². The zero-order valence-corrected chi connectivity index (χ0v) is 20.0. The van der Waals surface area contributed by atoms with Crippen molar-refractivity contribution in [2.75, 3.05) is 13.6 Å². The van der Waals surface area contributed by atoms with Gasteiger partial charge in [-0.15, -0.1) is 0 Å². The number of nitrogens with one attached hydrogen (secondary N) is 2. The first kappa shape index (κ1) is 25.5. The molecule has 4 rings (SSSR count). The highest BCUT2D eigenvalue weighted by Crippen LogP contribution is 2.21. The molecule has 1 aliphatic rings. The van der Waals surface area contributed by atoms with Gasteiger partial charge < -0.3 is 20.6 Å². The Hall–Kier alpha value is -4.62. The van der Waals surface area contributed by atoms with Crippen molar-refractivity contribution in [1.82, 2.24) is 20.5 Å². The number of rotatable bonds is 5. The topological polar surface area (TPSA) is 107 Å². The van der Waals surface area contributed by atoms with E-state index in [1.54, 1.807) is 19.2 Å². The van der Waals surface area contributed by atoms with E-state index >= 15 is 0 Å². The second kappa shape index (κ2) is 11.0. The number of nitrogens with zero attached hydrogens (tertiary/aromatic N) is 3. The second-order valence-corrected chi connectivity index (χ2v) is 8.24. The van der Waals surface area contributed by atoms with E-state index < -0.39 is 23.8 Å². The van der Waals surface area contributed by atoms with Gasteiger partial charge in [-0.05, 0) is 48.4 Å². The largest absolute Gasteiger partial charge is 0.369 e. The molecule has 0 saturated heterocycles. The number of fused-ring (bicyclic) bond motifs is 1. The lowest BCUT2D eigenvalue weighted by Crippen LogP contribution is -2.42. The van der Waals surface area contributed by atoms with Crippen LogP contribution in [0, 0.1) is 30.4 Å². The second-order valence-electron chi connectivity index (χ2n) is 8.24. The molecule has 2 heterocycles. The highest BCUT2D eigenvalue weighted by atomic mass is 19.2. The number of hydrogen-bond acceptors (Lipinski definition) is 6. The Kier molecular flexibility index (Phi) is 7.55. The van der Waals surface area contributed by atoms with Crippen molar-refractivity contribution in [3.63, 3.8) is 0 Å². The van der Waals surface area contributed by atoms with Gasteiger partial charge in [0.15, 0.2) is 17.9 Å². The van der Waals surface area contributed by atoms with Crippen LogP contribution in [0.5, 0.6) is 0 Å². The standard InChI is InChI=1S/C27H23F2N5O3/c1-16-18(6-8-24-20(16)11-19(12-33-24)25(35)30-2)4-3-9-32-26(36)21-13-31-15-34(27(21)37)14-17-5-7-22(28)23(29)10-17/h5-8,10-13,15,27,37H,9,14H2,1-2H3,(H,30,35)(H,32,36). The summed E-state index contributed by atoms with van der Waals surface area (Å²) in [6.07, 6.45) is 2.73. The molecule has 8 nitrogen and oxygen atoms in total. The maximum Gasteiger partial charge on any atom is 0.254 e. The van der Waals surface area contributed by atoms with Gasteiger partial charge in [-0.3, -0.25) is 14.6 Å². The number of aliphatic imine (C=N–C) groups is 1. The molecular weight excluding hydrogens is 480 g/mol. The molecule has 1 unspecified atom stereocenters. The smallest absolute Gasteiger partial charge is 0.254 e. The van der Waals surface area contributed by atoms with Gasteiger partial charge in [0.05, 0.1) is 29.5 Å². The molecule has 2 aromatic carbocycles. The highest BCUT2D eigenvalue weighted by Gasteiger charge is 2.26. The number of amides is 2. The maximum atomic E-state index is 13.5. The molecule has 1 atom stereocenters. The molecule has 188 valence electrons. The predicted octanol–water partition coefficient (Wildman–Crippen LogP) is 2.40. The summed E-state index contributed by atoms with van der Waals surface area (Å²) in [5, 5.41) is 16.6. The summed E-state index contributed by atoms with van der Waals surface area (Å²) in [5.41, 5.74) is 3.13. The van der Waals surface area contributed by atoms with E-state index in [9.17, 15) is 23.5 Å². The van der Waals surface area contributed by atoms with Crippen LogP contribution in [0.3, 0.4) is 0 Å². The minimum Gasteiger partial charge on any atom is -0.369 e. The third-order valence-electron chi connectivity index (χ3n) is 5.82. The van der Waals surface area contributed by atoms with Crippen LogP contribution < -0.4 is 10.6 Å². The van der Waals surface area contributed by atoms with E-state index in [1.807, 2.05) is 13.0 Å². The molecule has 1 aromatic heterocycles. The van der Waals surface area contributed by atoms with Gasteiger partial charge in [-0.25, -0.2) is 13.8 Å². The fourth-order valence-electron chi connectivity index (χ4n) is 3.77. The SMILES string of the molecule is CNC(=O)c1cnc2ccc(C#CCNC(=O)C3=CN=CN(Cc4ccc(F)c(F)c4)C3O)c(C)c2c1. The first-order chi connectivity index (χ1) is 17.8. The van der Waals surface area contributed by atoms with E-state index in [2.05, 4.69) is 32.5 Å². The summed E-state index contributed by atoms with van der Waals surface area (Å²) in [6.45, 7) is 1.90.